The molecule has 3 heteroatoms. The van der Waals surface area contributed by atoms with Crippen molar-refractivity contribution in [1.82, 2.24) is 5.32 Å². The maximum atomic E-state index is 5.32. The molecule has 0 aliphatic heterocycles. The van der Waals surface area contributed by atoms with Gasteiger partial charge >= 0.3 is 0 Å². The average molecular weight is 273 g/mol. The first-order chi connectivity index (χ1) is 9.36. The SMILES string of the molecule is COc1ccc2c(c1)C(NCCc1ccsc1)CC2. The molecule has 3 rings (SSSR count). The van der Waals surface area contributed by atoms with Gasteiger partial charge in [-0.15, -0.1) is 0 Å². The molecule has 0 spiro atoms. The Kier molecular flexibility index (Phi) is 3.85. The van der Waals surface area contributed by atoms with Gasteiger partial charge in [-0.3, -0.25) is 0 Å². The van der Waals surface area contributed by atoms with E-state index >= 15 is 0 Å². The predicted molar refractivity (Wildman–Crippen MR) is 80.1 cm³/mol. The Labute approximate surface area is 118 Å². The minimum absolute atomic E-state index is 0.490. The zero-order chi connectivity index (χ0) is 13.1. The molecule has 0 saturated heterocycles. The van der Waals surface area contributed by atoms with E-state index in [-0.39, 0.29) is 0 Å². The van der Waals surface area contributed by atoms with Gasteiger partial charge in [0.2, 0.25) is 0 Å². The fraction of sp³-hybridized carbons (Fsp3) is 0.375. The van der Waals surface area contributed by atoms with Crippen molar-refractivity contribution < 1.29 is 4.74 Å². The molecule has 19 heavy (non-hydrogen) atoms. The molecule has 1 atom stereocenters. The van der Waals surface area contributed by atoms with Crippen molar-refractivity contribution in [2.24, 2.45) is 0 Å². The number of thiophene rings is 1. The molecule has 2 aromatic rings. The van der Waals surface area contributed by atoms with E-state index in [9.17, 15) is 0 Å². The summed E-state index contributed by atoms with van der Waals surface area (Å²) in [7, 11) is 1.73. The molecule has 1 aliphatic carbocycles. The molecule has 1 aromatic heterocycles. The third-order valence-electron chi connectivity index (χ3n) is 3.82. The van der Waals surface area contributed by atoms with Crippen LogP contribution in [0, 0.1) is 0 Å². The molecule has 1 unspecified atom stereocenters. The van der Waals surface area contributed by atoms with Crippen molar-refractivity contribution in [2.75, 3.05) is 13.7 Å². The van der Waals surface area contributed by atoms with Crippen molar-refractivity contribution in [3.63, 3.8) is 0 Å². The number of hydrogen-bond donors (Lipinski definition) is 1. The van der Waals surface area contributed by atoms with Gasteiger partial charge in [0, 0.05) is 6.04 Å². The first-order valence-corrected chi connectivity index (χ1v) is 7.72. The van der Waals surface area contributed by atoms with Crippen LogP contribution in [0.25, 0.3) is 0 Å². The molecule has 0 radical (unpaired) electrons. The highest BCUT2D eigenvalue weighted by molar-refractivity contribution is 7.07. The van der Waals surface area contributed by atoms with Crippen LogP contribution in [-0.4, -0.2) is 13.7 Å². The van der Waals surface area contributed by atoms with Crippen LogP contribution in [0.4, 0.5) is 0 Å². The summed E-state index contributed by atoms with van der Waals surface area (Å²) >= 11 is 1.77. The summed E-state index contributed by atoms with van der Waals surface area (Å²) in [6.45, 7) is 1.04. The van der Waals surface area contributed by atoms with Gasteiger partial charge in [0.25, 0.3) is 0 Å². The van der Waals surface area contributed by atoms with E-state index in [1.54, 1.807) is 18.4 Å². The van der Waals surface area contributed by atoms with Crippen molar-refractivity contribution in [3.8, 4) is 5.75 Å². The van der Waals surface area contributed by atoms with E-state index in [1.807, 2.05) is 0 Å². The van der Waals surface area contributed by atoms with Gasteiger partial charge in [0.15, 0.2) is 0 Å². The predicted octanol–water partition coefficient (Wildman–Crippen LogP) is 3.58. The van der Waals surface area contributed by atoms with Crippen LogP contribution < -0.4 is 10.1 Å². The van der Waals surface area contributed by atoms with E-state index in [0.717, 1.165) is 18.7 Å². The standard InChI is InChI=1S/C16H19NOS/c1-18-14-4-2-13-3-5-16(15(13)10-14)17-8-6-12-7-9-19-11-12/h2,4,7,9-11,16-17H,3,5-6,8H2,1H3. The molecular formula is C16H19NOS. The highest BCUT2D eigenvalue weighted by atomic mass is 32.1. The molecule has 100 valence electrons. The van der Waals surface area contributed by atoms with E-state index in [2.05, 4.69) is 40.3 Å². The summed E-state index contributed by atoms with van der Waals surface area (Å²) < 4.78 is 5.32. The second-order valence-corrected chi connectivity index (χ2v) is 5.77. The van der Waals surface area contributed by atoms with Gasteiger partial charge in [0.05, 0.1) is 7.11 Å². The Balaban J connectivity index is 1.62. The normalized spacial score (nSPS) is 17.4. The van der Waals surface area contributed by atoms with Crippen LogP contribution in [0.2, 0.25) is 0 Å². The topological polar surface area (TPSA) is 21.3 Å². The van der Waals surface area contributed by atoms with Crippen molar-refractivity contribution in [1.29, 1.82) is 0 Å². The number of benzene rings is 1. The first-order valence-electron chi connectivity index (χ1n) is 6.78. The largest absolute Gasteiger partial charge is 0.497 e. The lowest BCUT2D eigenvalue weighted by molar-refractivity contribution is 0.413. The Morgan fingerprint density at radius 2 is 2.32 bits per heavy atom. The van der Waals surface area contributed by atoms with Gasteiger partial charge in [-0.25, -0.2) is 0 Å². The summed E-state index contributed by atoms with van der Waals surface area (Å²) in [5.41, 5.74) is 4.32. The molecular weight excluding hydrogens is 254 g/mol. The van der Waals surface area contributed by atoms with Gasteiger partial charge < -0.3 is 10.1 Å². The average Bonchev–Trinajstić information content (AvgIpc) is 3.08. The summed E-state index contributed by atoms with van der Waals surface area (Å²) in [5.74, 6) is 0.963. The van der Waals surface area contributed by atoms with Crippen LogP contribution in [0.3, 0.4) is 0 Å². The second-order valence-electron chi connectivity index (χ2n) is 4.99. The molecule has 0 saturated carbocycles. The molecule has 0 amide bonds. The van der Waals surface area contributed by atoms with E-state index < -0.39 is 0 Å². The van der Waals surface area contributed by atoms with Crippen LogP contribution >= 0.6 is 11.3 Å². The lowest BCUT2D eigenvalue weighted by Gasteiger charge is -2.14. The van der Waals surface area contributed by atoms with Gasteiger partial charge in [-0.05, 0) is 71.5 Å². The van der Waals surface area contributed by atoms with Crippen LogP contribution in [0.15, 0.2) is 35.0 Å². The number of ether oxygens (including phenoxy) is 1. The number of aryl methyl sites for hydroxylation is 1. The summed E-state index contributed by atoms with van der Waals surface area (Å²) in [5, 5.41) is 8.05. The highest BCUT2D eigenvalue weighted by Crippen LogP contribution is 2.33. The Hall–Kier alpha value is -1.32. The number of nitrogens with one attached hydrogen (secondary N) is 1. The monoisotopic (exact) mass is 273 g/mol. The fourth-order valence-corrected chi connectivity index (χ4v) is 3.45. The minimum Gasteiger partial charge on any atom is -0.497 e. The third kappa shape index (κ3) is 2.82. The highest BCUT2D eigenvalue weighted by Gasteiger charge is 2.22. The minimum atomic E-state index is 0.490. The summed E-state index contributed by atoms with van der Waals surface area (Å²) in [6.07, 6.45) is 3.49. The second kappa shape index (κ2) is 5.76. The van der Waals surface area contributed by atoms with E-state index in [0.29, 0.717) is 6.04 Å². The number of rotatable bonds is 5. The maximum Gasteiger partial charge on any atom is 0.119 e. The fourth-order valence-electron chi connectivity index (χ4n) is 2.75. The Morgan fingerprint density at radius 1 is 1.37 bits per heavy atom. The van der Waals surface area contributed by atoms with Crippen LogP contribution in [-0.2, 0) is 12.8 Å². The lowest BCUT2D eigenvalue weighted by Crippen LogP contribution is -2.21. The summed E-state index contributed by atoms with van der Waals surface area (Å²) in [6, 6.07) is 9.15. The van der Waals surface area contributed by atoms with Crippen molar-refractivity contribution in [2.45, 2.75) is 25.3 Å². The third-order valence-corrected chi connectivity index (χ3v) is 4.55. The molecule has 0 fully saturated rings. The molecule has 1 heterocycles. The number of fused-ring (bicyclic) bond motifs is 1. The maximum absolute atomic E-state index is 5.32. The Morgan fingerprint density at radius 3 is 3.11 bits per heavy atom. The number of hydrogen-bond acceptors (Lipinski definition) is 3. The van der Waals surface area contributed by atoms with E-state index in [4.69, 9.17) is 4.74 Å². The van der Waals surface area contributed by atoms with Crippen LogP contribution in [0.1, 0.15) is 29.2 Å². The quantitative estimate of drug-likeness (QED) is 0.899. The smallest absolute Gasteiger partial charge is 0.119 e. The van der Waals surface area contributed by atoms with Crippen molar-refractivity contribution >= 4 is 11.3 Å². The first kappa shape index (κ1) is 12.7. The van der Waals surface area contributed by atoms with Gasteiger partial charge in [-0.1, -0.05) is 6.07 Å². The molecule has 1 N–H and O–H groups in total. The zero-order valence-corrected chi connectivity index (χ0v) is 12.0. The van der Waals surface area contributed by atoms with E-state index in [1.165, 1.54) is 29.5 Å². The number of methoxy groups -OCH3 is 1. The Bertz CT molecular complexity index is 536. The van der Waals surface area contributed by atoms with Crippen molar-refractivity contribution in [3.05, 3.63) is 51.7 Å². The molecule has 2 nitrogen and oxygen atoms in total. The summed E-state index contributed by atoms with van der Waals surface area (Å²) in [4.78, 5) is 0. The molecule has 0 bridgehead atoms. The lowest BCUT2D eigenvalue weighted by atomic mass is 10.1. The van der Waals surface area contributed by atoms with Crippen LogP contribution in [0.5, 0.6) is 5.75 Å². The van der Waals surface area contributed by atoms with Gasteiger partial charge in [0.1, 0.15) is 5.75 Å². The zero-order valence-electron chi connectivity index (χ0n) is 11.2. The molecule has 1 aliphatic rings. The molecule has 1 aromatic carbocycles. The van der Waals surface area contributed by atoms with Gasteiger partial charge in [-0.2, -0.15) is 11.3 Å².